The normalized spacial score (nSPS) is 13.1. The first kappa shape index (κ1) is 15.4. The number of carboxylic acid groups (broad SMARTS) is 2. The highest BCUT2D eigenvalue weighted by molar-refractivity contribution is 5.86. The van der Waals surface area contributed by atoms with Crippen molar-refractivity contribution in [3.8, 4) is 0 Å². The minimum absolute atomic E-state index is 0.386. The van der Waals surface area contributed by atoms with E-state index >= 15 is 0 Å². The summed E-state index contributed by atoms with van der Waals surface area (Å²) in [6, 6.07) is 0.839. The van der Waals surface area contributed by atoms with Gasteiger partial charge in [0.15, 0.2) is 0 Å². The summed E-state index contributed by atoms with van der Waals surface area (Å²) in [5.74, 6) is -2.71. The van der Waals surface area contributed by atoms with Gasteiger partial charge in [0.1, 0.15) is 6.04 Å². The first-order valence-electron chi connectivity index (χ1n) is 5.81. The largest absolute Gasteiger partial charge is 0.481 e. The first-order valence-corrected chi connectivity index (χ1v) is 5.81. The number of nitrogens with zero attached hydrogens (tertiary/aromatic N) is 1. The van der Waals surface area contributed by atoms with Crippen LogP contribution in [0.5, 0.6) is 0 Å². The van der Waals surface area contributed by atoms with E-state index in [4.69, 9.17) is 10.2 Å². The van der Waals surface area contributed by atoms with Crippen LogP contribution in [0, 0.1) is 0 Å². The molecule has 1 rings (SSSR count). The first-order chi connectivity index (χ1) is 9.40. The molecule has 1 heterocycles. The van der Waals surface area contributed by atoms with Gasteiger partial charge in [0, 0.05) is 12.4 Å². The average Bonchev–Trinajstić information content (AvgIpc) is 2.38. The summed E-state index contributed by atoms with van der Waals surface area (Å²) in [6.07, 6.45) is 2.46. The molecule has 2 amide bonds. The number of aromatic nitrogens is 1. The number of hydrogen-bond donors (Lipinski definition) is 4. The molecule has 108 valence electrons. The van der Waals surface area contributed by atoms with Crippen molar-refractivity contribution in [3.63, 3.8) is 0 Å². The Morgan fingerprint density at radius 3 is 2.50 bits per heavy atom. The lowest BCUT2D eigenvalue weighted by Crippen LogP contribution is -2.47. The molecule has 0 saturated carbocycles. The van der Waals surface area contributed by atoms with Crippen LogP contribution in [0.1, 0.15) is 24.9 Å². The smallest absolute Gasteiger partial charge is 0.326 e. The zero-order chi connectivity index (χ0) is 15.1. The van der Waals surface area contributed by atoms with Gasteiger partial charge in [0.2, 0.25) is 0 Å². The number of carbonyl (C=O) groups excluding carboxylic acids is 1. The van der Waals surface area contributed by atoms with Crippen molar-refractivity contribution in [1.29, 1.82) is 0 Å². The minimum Gasteiger partial charge on any atom is -0.481 e. The molecule has 0 aliphatic rings. The summed E-state index contributed by atoms with van der Waals surface area (Å²) in [4.78, 5) is 36.8. The lowest BCUT2D eigenvalue weighted by molar-refractivity contribution is -0.145. The molecule has 8 heteroatoms. The predicted octanol–water partition coefficient (Wildman–Crippen LogP) is 0.370. The van der Waals surface area contributed by atoms with Crippen LogP contribution in [-0.2, 0) is 9.59 Å². The lowest BCUT2D eigenvalue weighted by Gasteiger charge is -2.17. The van der Waals surface area contributed by atoms with Crippen molar-refractivity contribution in [2.24, 2.45) is 0 Å². The summed E-state index contributed by atoms with van der Waals surface area (Å²) in [7, 11) is 0. The molecule has 8 nitrogen and oxygen atoms in total. The lowest BCUT2D eigenvalue weighted by atomic mass is 10.1. The van der Waals surface area contributed by atoms with Crippen LogP contribution >= 0.6 is 0 Å². The number of rotatable bonds is 6. The van der Waals surface area contributed by atoms with Crippen molar-refractivity contribution in [1.82, 2.24) is 15.6 Å². The molecule has 0 fully saturated rings. The zero-order valence-corrected chi connectivity index (χ0v) is 10.7. The minimum atomic E-state index is -1.48. The van der Waals surface area contributed by atoms with Gasteiger partial charge in [-0.05, 0) is 18.6 Å². The fourth-order valence-electron chi connectivity index (χ4n) is 1.49. The third kappa shape index (κ3) is 4.92. The molecule has 1 unspecified atom stereocenters. The summed E-state index contributed by atoms with van der Waals surface area (Å²) >= 11 is 0. The van der Waals surface area contributed by atoms with Crippen molar-refractivity contribution >= 4 is 18.0 Å². The Morgan fingerprint density at radius 2 is 2.00 bits per heavy atom. The van der Waals surface area contributed by atoms with Crippen LogP contribution in [-0.4, -0.2) is 39.2 Å². The van der Waals surface area contributed by atoms with Gasteiger partial charge in [-0.3, -0.25) is 9.78 Å². The molecule has 4 N–H and O–H groups in total. The van der Waals surface area contributed by atoms with Crippen LogP contribution in [0.25, 0.3) is 0 Å². The second-order valence-electron chi connectivity index (χ2n) is 4.11. The molecule has 20 heavy (non-hydrogen) atoms. The highest BCUT2D eigenvalue weighted by atomic mass is 16.4. The van der Waals surface area contributed by atoms with Crippen LogP contribution in [0.3, 0.4) is 0 Å². The molecule has 0 radical (unpaired) electrons. The Hall–Kier alpha value is -2.64. The van der Waals surface area contributed by atoms with Gasteiger partial charge in [-0.1, -0.05) is 6.07 Å². The van der Waals surface area contributed by atoms with E-state index in [9.17, 15) is 14.4 Å². The van der Waals surface area contributed by atoms with E-state index in [2.05, 4.69) is 15.6 Å². The van der Waals surface area contributed by atoms with E-state index in [0.29, 0.717) is 0 Å². The quantitative estimate of drug-likeness (QED) is 0.596. The number of aliphatic carboxylic acids is 2. The van der Waals surface area contributed by atoms with Crippen LogP contribution in [0.2, 0.25) is 0 Å². The summed E-state index contributed by atoms with van der Waals surface area (Å²) < 4.78 is 0. The van der Waals surface area contributed by atoms with Crippen LogP contribution < -0.4 is 10.6 Å². The van der Waals surface area contributed by atoms with E-state index in [1.54, 1.807) is 31.5 Å². The highest BCUT2D eigenvalue weighted by Gasteiger charge is 2.23. The monoisotopic (exact) mass is 281 g/mol. The number of pyridine rings is 1. The van der Waals surface area contributed by atoms with Gasteiger partial charge in [0.05, 0.1) is 12.5 Å². The molecule has 0 saturated heterocycles. The topological polar surface area (TPSA) is 129 Å². The van der Waals surface area contributed by atoms with E-state index in [0.717, 1.165) is 5.56 Å². The van der Waals surface area contributed by atoms with E-state index in [1.807, 2.05) is 0 Å². The Bertz CT molecular complexity index is 491. The summed E-state index contributed by atoms with van der Waals surface area (Å²) in [5.41, 5.74) is 0.743. The van der Waals surface area contributed by atoms with Crippen molar-refractivity contribution < 1.29 is 24.6 Å². The number of carbonyl (C=O) groups is 3. The molecule has 1 aromatic heterocycles. The Labute approximate surface area is 114 Å². The number of urea groups is 1. The van der Waals surface area contributed by atoms with Crippen molar-refractivity contribution in [2.45, 2.75) is 25.4 Å². The number of nitrogens with one attached hydrogen (secondary N) is 2. The van der Waals surface area contributed by atoms with E-state index in [-0.39, 0.29) is 6.04 Å². The number of carboxylic acids is 2. The maximum atomic E-state index is 11.6. The van der Waals surface area contributed by atoms with Gasteiger partial charge in [-0.15, -0.1) is 0 Å². The molecular formula is C12H15N3O5. The van der Waals surface area contributed by atoms with Gasteiger partial charge < -0.3 is 20.8 Å². The molecule has 0 bridgehead atoms. The van der Waals surface area contributed by atoms with Gasteiger partial charge in [-0.25, -0.2) is 9.59 Å². The van der Waals surface area contributed by atoms with Crippen LogP contribution in [0.4, 0.5) is 4.79 Å². The zero-order valence-electron chi connectivity index (χ0n) is 10.7. The average molecular weight is 281 g/mol. The highest BCUT2D eigenvalue weighted by Crippen LogP contribution is 2.09. The maximum Gasteiger partial charge on any atom is 0.326 e. The molecule has 0 aliphatic heterocycles. The second-order valence-corrected chi connectivity index (χ2v) is 4.11. The SMILES string of the molecule is CC(NC(=O)N[C@@H](CC(=O)O)C(=O)O)c1cccnc1. The predicted molar refractivity (Wildman–Crippen MR) is 68.0 cm³/mol. The number of hydrogen-bond acceptors (Lipinski definition) is 4. The fourth-order valence-corrected chi connectivity index (χ4v) is 1.49. The summed E-state index contributed by atoms with van der Waals surface area (Å²) in [5, 5.41) is 22.0. The summed E-state index contributed by atoms with van der Waals surface area (Å²) in [6.45, 7) is 1.70. The Morgan fingerprint density at radius 1 is 1.30 bits per heavy atom. The Kier molecular flexibility index (Phi) is 5.45. The molecular weight excluding hydrogens is 266 g/mol. The van der Waals surface area contributed by atoms with E-state index in [1.165, 1.54) is 0 Å². The third-order valence-corrected chi connectivity index (χ3v) is 2.51. The molecule has 0 aliphatic carbocycles. The van der Waals surface area contributed by atoms with Crippen LogP contribution in [0.15, 0.2) is 24.5 Å². The second kappa shape index (κ2) is 7.07. The third-order valence-electron chi connectivity index (χ3n) is 2.51. The fraction of sp³-hybridized carbons (Fsp3) is 0.333. The Balaban J connectivity index is 2.57. The number of amides is 2. The maximum absolute atomic E-state index is 11.6. The molecule has 0 aromatic carbocycles. The standard InChI is InChI=1S/C12H15N3O5/c1-7(8-3-2-4-13-6-8)14-12(20)15-9(11(18)19)5-10(16)17/h2-4,6-7,9H,5H2,1H3,(H,16,17)(H,18,19)(H2,14,15,20)/t7?,9-/m0/s1. The van der Waals surface area contributed by atoms with Gasteiger partial charge in [0.25, 0.3) is 0 Å². The molecule has 1 aromatic rings. The molecule has 0 spiro atoms. The molecule has 2 atom stereocenters. The van der Waals surface area contributed by atoms with E-state index < -0.39 is 30.4 Å². The van der Waals surface area contributed by atoms with Crippen molar-refractivity contribution in [3.05, 3.63) is 30.1 Å². The van der Waals surface area contributed by atoms with Crippen molar-refractivity contribution in [2.75, 3.05) is 0 Å². The van der Waals surface area contributed by atoms with Gasteiger partial charge in [-0.2, -0.15) is 0 Å². The van der Waals surface area contributed by atoms with Gasteiger partial charge >= 0.3 is 18.0 Å².